The van der Waals surface area contributed by atoms with Crippen molar-refractivity contribution >= 4 is 5.97 Å². The Hall–Kier alpha value is -1.58. The van der Waals surface area contributed by atoms with Gasteiger partial charge in [-0.3, -0.25) is 9.59 Å². The van der Waals surface area contributed by atoms with Gasteiger partial charge in [-0.1, -0.05) is 19.4 Å². The van der Waals surface area contributed by atoms with E-state index in [0.29, 0.717) is 12.1 Å². The molecule has 0 fully saturated rings. The summed E-state index contributed by atoms with van der Waals surface area (Å²) >= 11 is 0. The summed E-state index contributed by atoms with van der Waals surface area (Å²) in [6, 6.07) is 3.29. The lowest BCUT2D eigenvalue weighted by molar-refractivity contribution is -0.136. The molecule has 1 aromatic heterocycles. The lowest BCUT2D eigenvalue weighted by atomic mass is 10.2. The second-order valence-electron chi connectivity index (χ2n) is 3.46. The lowest BCUT2D eigenvalue weighted by Gasteiger charge is -2.05. The van der Waals surface area contributed by atoms with Gasteiger partial charge in [-0.05, 0) is 12.5 Å². The molecule has 0 aromatic carbocycles. The average molecular weight is 209 g/mol. The number of unbranched alkanes of at least 4 members (excludes halogenated alkanes) is 1. The number of aromatic nitrogens is 1. The standard InChI is InChI=1S/C11H15NO3/c1-2-3-6-12-7-4-5-9(11(12)15)8-10(13)14/h4-5,7H,2-3,6,8H2,1H3,(H,13,14). The van der Waals surface area contributed by atoms with Crippen molar-refractivity contribution in [3.8, 4) is 0 Å². The van der Waals surface area contributed by atoms with Crippen LogP contribution in [0.3, 0.4) is 0 Å². The Labute approximate surface area is 88.2 Å². The molecule has 1 aromatic rings. The van der Waals surface area contributed by atoms with Gasteiger partial charge in [0, 0.05) is 18.3 Å². The fourth-order valence-electron chi connectivity index (χ4n) is 1.39. The lowest BCUT2D eigenvalue weighted by Crippen LogP contribution is -2.24. The van der Waals surface area contributed by atoms with E-state index in [0.717, 1.165) is 12.8 Å². The second-order valence-corrected chi connectivity index (χ2v) is 3.46. The maximum atomic E-state index is 11.7. The van der Waals surface area contributed by atoms with Crippen LogP contribution in [0.1, 0.15) is 25.3 Å². The topological polar surface area (TPSA) is 59.3 Å². The van der Waals surface area contributed by atoms with Gasteiger partial charge in [-0.15, -0.1) is 0 Å². The molecule has 0 atom stereocenters. The Morgan fingerprint density at radius 1 is 1.53 bits per heavy atom. The summed E-state index contributed by atoms with van der Waals surface area (Å²) < 4.78 is 1.57. The van der Waals surface area contributed by atoms with Gasteiger partial charge in [0.2, 0.25) is 0 Å². The number of carbonyl (C=O) groups is 1. The maximum Gasteiger partial charge on any atom is 0.308 e. The molecule has 0 aliphatic carbocycles. The first kappa shape index (κ1) is 11.5. The van der Waals surface area contributed by atoms with E-state index in [2.05, 4.69) is 0 Å². The van der Waals surface area contributed by atoms with Crippen molar-refractivity contribution in [2.75, 3.05) is 0 Å². The van der Waals surface area contributed by atoms with Crippen molar-refractivity contribution in [2.24, 2.45) is 0 Å². The van der Waals surface area contributed by atoms with E-state index in [1.807, 2.05) is 6.92 Å². The van der Waals surface area contributed by atoms with Crippen LogP contribution in [0.5, 0.6) is 0 Å². The fourth-order valence-corrected chi connectivity index (χ4v) is 1.39. The highest BCUT2D eigenvalue weighted by molar-refractivity contribution is 5.69. The van der Waals surface area contributed by atoms with Crippen molar-refractivity contribution in [3.05, 3.63) is 34.2 Å². The number of pyridine rings is 1. The van der Waals surface area contributed by atoms with E-state index in [4.69, 9.17) is 5.11 Å². The zero-order chi connectivity index (χ0) is 11.3. The van der Waals surface area contributed by atoms with Crippen molar-refractivity contribution in [1.82, 2.24) is 4.57 Å². The molecule has 1 heterocycles. The molecule has 1 N–H and O–H groups in total. The number of hydrogen-bond donors (Lipinski definition) is 1. The van der Waals surface area contributed by atoms with Crippen LogP contribution in [0.25, 0.3) is 0 Å². The summed E-state index contributed by atoms with van der Waals surface area (Å²) in [7, 11) is 0. The van der Waals surface area contributed by atoms with E-state index >= 15 is 0 Å². The predicted octanol–water partition coefficient (Wildman–Crippen LogP) is 1.28. The summed E-state index contributed by atoms with van der Waals surface area (Å²) in [5.41, 5.74) is 0.162. The largest absolute Gasteiger partial charge is 0.481 e. The molecular weight excluding hydrogens is 194 g/mol. The SMILES string of the molecule is CCCCn1cccc(CC(=O)O)c1=O. The third kappa shape index (κ3) is 3.23. The summed E-state index contributed by atoms with van der Waals surface area (Å²) in [5, 5.41) is 8.61. The van der Waals surface area contributed by atoms with Gasteiger partial charge < -0.3 is 9.67 Å². The number of hydrogen-bond acceptors (Lipinski definition) is 2. The second kappa shape index (κ2) is 5.34. The third-order valence-electron chi connectivity index (χ3n) is 2.19. The molecule has 4 heteroatoms. The van der Waals surface area contributed by atoms with Crippen LogP contribution in [0.4, 0.5) is 0 Å². The quantitative estimate of drug-likeness (QED) is 0.794. The molecule has 15 heavy (non-hydrogen) atoms. The minimum atomic E-state index is -0.972. The Morgan fingerprint density at radius 3 is 2.87 bits per heavy atom. The minimum absolute atomic E-state index is 0.187. The van der Waals surface area contributed by atoms with E-state index < -0.39 is 5.97 Å². The highest BCUT2D eigenvalue weighted by atomic mass is 16.4. The first-order chi connectivity index (χ1) is 7.15. The maximum absolute atomic E-state index is 11.7. The van der Waals surface area contributed by atoms with E-state index in [-0.39, 0.29) is 12.0 Å². The highest BCUT2D eigenvalue weighted by Crippen LogP contribution is 1.96. The number of carboxylic acid groups (broad SMARTS) is 1. The Kier molecular flexibility index (Phi) is 4.09. The molecule has 0 unspecified atom stereocenters. The van der Waals surface area contributed by atoms with Crippen molar-refractivity contribution < 1.29 is 9.90 Å². The molecule has 82 valence electrons. The fraction of sp³-hybridized carbons (Fsp3) is 0.455. The number of nitrogens with zero attached hydrogens (tertiary/aromatic N) is 1. The van der Waals surface area contributed by atoms with Crippen molar-refractivity contribution in [2.45, 2.75) is 32.7 Å². The normalized spacial score (nSPS) is 10.2. The number of rotatable bonds is 5. The molecule has 0 saturated heterocycles. The van der Waals surface area contributed by atoms with Crippen LogP contribution < -0.4 is 5.56 Å². The summed E-state index contributed by atoms with van der Waals surface area (Å²) in [6.45, 7) is 2.70. The van der Waals surface area contributed by atoms with E-state index in [9.17, 15) is 9.59 Å². The van der Waals surface area contributed by atoms with E-state index in [1.165, 1.54) is 0 Å². The molecule has 1 rings (SSSR count). The zero-order valence-electron chi connectivity index (χ0n) is 8.77. The molecular formula is C11H15NO3. The molecule has 0 aliphatic rings. The predicted molar refractivity (Wildman–Crippen MR) is 56.9 cm³/mol. The molecule has 4 nitrogen and oxygen atoms in total. The summed E-state index contributed by atoms with van der Waals surface area (Å²) in [6.07, 6.45) is 3.43. The summed E-state index contributed by atoms with van der Waals surface area (Å²) in [4.78, 5) is 22.2. The van der Waals surface area contributed by atoms with Gasteiger partial charge in [-0.25, -0.2) is 0 Å². The Bertz CT molecular complexity index is 395. The molecule has 0 radical (unpaired) electrons. The van der Waals surface area contributed by atoms with Gasteiger partial charge in [0.25, 0.3) is 5.56 Å². The number of aryl methyl sites for hydroxylation is 1. The molecule has 0 bridgehead atoms. The van der Waals surface area contributed by atoms with Crippen molar-refractivity contribution in [3.63, 3.8) is 0 Å². The molecule has 0 spiro atoms. The van der Waals surface area contributed by atoms with Crippen LogP contribution in [0.2, 0.25) is 0 Å². The van der Waals surface area contributed by atoms with Crippen LogP contribution in [-0.2, 0) is 17.8 Å². The van der Waals surface area contributed by atoms with Gasteiger partial charge in [0.05, 0.1) is 6.42 Å². The highest BCUT2D eigenvalue weighted by Gasteiger charge is 2.06. The first-order valence-electron chi connectivity index (χ1n) is 5.05. The van der Waals surface area contributed by atoms with Gasteiger partial charge in [0.1, 0.15) is 0 Å². The van der Waals surface area contributed by atoms with Gasteiger partial charge in [-0.2, -0.15) is 0 Å². The monoisotopic (exact) mass is 209 g/mol. The van der Waals surface area contributed by atoms with E-state index in [1.54, 1.807) is 22.9 Å². The van der Waals surface area contributed by atoms with Gasteiger partial charge >= 0.3 is 5.97 Å². The van der Waals surface area contributed by atoms with Crippen LogP contribution in [0, 0.1) is 0 Å². The van der Waals surface area contributed by atoms with Crippen LogP contribution in [-0.4, -0.2) is 15.6 Å². The average Bonchev–Trinajstić information content (AvgIpc) is 2.19. The smallest absolute Gasteiger partial charge is 0.308 e. The zero-order valence-corrected chi connectivity index (χ0v) is 8.77. The van der Waals surface area contributed by atoms with Crippen molar-refractivity contribution in [1.29, 1.82) is 0 Å². The Balaban J connectivity index is 2.90. The van der Waals surface area contributed by atoms with Crippen LogP contribution in [0.15, 0.2) is 23.1 Å². The minimum Gasteiger partial charge on any atom is -0.481 e. The summed E-state index contributed by atoms with van der Waals surface area (Å²) in [5.74, 6) is -0.972. The first-order valence-corrected chi connectivity index (χ1v) is 5.05. The number of carboxylic acids is 1. The molecule has 0 amide bonds. The van der Waals surface area contributed by atoms with Crippen LogP contribution >= 0.6 is 0 Å². The third-order valence-corrected chi connectivity index (χ3v) is 2.19. The van der Waals surface area contributed by atoms with Gasteiger partial charge in [0.15, 0.2) is 0 Å². The Morgan fingerprint density at radius 2 is 2.27 bits per heavy atom. The number of aliphatic carboxylic acids is 1. The molecule has 0 saturated carbocycles. The molecule has 0 aliphatic heterocycles.